The van der Waals surface area contributed by atoms with E-state index >= 15 is 0 Å². The standard InChI is InChI=1S/C10H19NO4/c1-8(6-12)5-11-2-3-15-7-9(11)4-10(13)14/h8-9,12H,2-7H2,1H3,(H,13,14). The minimum atomic E-state index is -0.799. The second-order valence-electron chi connectivity index (χ2n) is 4.11. The van der Waals surface area contributed by atoms with Gasteiger partial charge in [0.25, 0.3) is 0 Å². The number of carbonyl (C=O) groups is 1. The number of aliphatic hydroxyl groups excluding tert-OH is 1. The van der Waals surface area contributed by atoms with E-state index in [9.17, 15) is 4.79 Å². The van der Waals surface area contributed by atoms with Gasteiger partial charge in [-0.3, -0.25) is 9.69 Å². The first-order valence-electron chi connectivity index (χ1n) is 5.28. The molecule has 88 valence electrons. The van der Waals surface area contributed by atoms with Crippen molar-refractivity contribution in [2.75, 3.05) is 32.9 Å². The molecule has 0 aromatic rings. The van der Waals surface area contributed by atoms with Crippen molar-refractivity contribution in [2.45, 2.75) is 19.4 Å². The van der Waals surface area contributed by atoms with Crippen LogP contribution in [0.1, 0.15) is 13.3 Å². The average molecular weight is 217 g/mol. The number of ether oxygens (including phenoxy) is 1. The van der Waals surface area contributed by atoms with Crippen LogP contribution in [-0.4, -0.2) is 60.0 Å². The molecule has 0 saturated carbocycles. The molecule has 2 unspecified atom stereocenters. The van der Waals surface area contributed by atoms with E-state index in [1.54, 1.807) is 0 Å². The molecule has 0 amide bonds. The van der Waals surface area contributed by atoms with Gasteiger partial charge in [0.2, 0.25) is 0 Å². The van der Waals surface area contributed by atoms with Crippen LogP contribution in [0.25, 0.3) is 0 Å². The summed E-state index contributed by atoms with van der Waals surface area (Å²) in [5, 5.41) is 17.7. The summed E-state index contributed by atoms with van der Waals surface area (Å²) in [5.41, 5.74) is 0. The Morgan fingerprint density at radius 1 is 1.67 bits per heavy atom. The lowest BCUT2D eigenvalue weighted by Crippen LogP contribution is -2.48. The minimum absolute atomic E-state index is 0.0507. The Balaban J connectivity index is 2.45. The van der Waals surface area contributed by atoms with Crippen molar-refractivity contribution in [3.05, 3.63) is 0 Å². The lowest BCUT2D eigenvalue weighted by molar-refractivity contribution is -0.140. The second kappa shape index (κ2) is 6.05. The molecule has 1 aliphatic rings. The summed E-state index contributed by atoms with van der Waals surface area (Å²) < 4.78 is 5.26. The first-order valence-corrected chi connectivity index (χ1v) is 5.28. The van der Waals surface area contributed by atoms with Crippen molar-refractivity contribution in [3.63, 3.8) is 0 Å². The van der Waals surface area contributed by atoms with Crippen LogP contribution in [0.4, 0.5) is 0 Å². The van der Waals surface area contributed by atoms with E-state index in [1.807, 2.05) is 6.92 Å². The predicted molar refractivity (Wildman–Crippen MR) is 54.7 cm³/mol. The van der Waals surface area contributed by atoms with Crippen molar-refractivity contribution in [2.24, 2.45) is 5.92 Å². The van der Waals surface area contributed by atoms with Crippen LogP contribution in [0.2, 0.25) is 0 Å². The van der Waals surface area contributed by atoms with E-state index in [0.717, 1.165) is 13.1 Å². The number of nitrogens with zero attached hydrogens (tertiary/aromatic N) is 1. The van der Waals surface area contributed by atoms with E-state index in [-0.39, 0.29) is 25.0 Å². The van der Waals surface area contributed by atoms with Crippen LogP contribution < -0.4 is 0 Å². The summed E-state index contributed by atoms with van der Waals surface area (Å²) >= 11 is 0. The predicted octanol–water partition coefficient (Wildman–Crippen LogP) is -0.210. The van der Waals surface area contributed by atoms with Crippen molar-refractivity contribution >= 4 is 5.97 Å². The summed E-state index contributed by atoms with van der Waals surface area (Å²) in [5.74, 6) is -0.619. The maximum absolute atomic E-state index is 10.6. The third kappa shape index (κ3) is 4.15. The molecular weight excluding hydrogens is 198 g/mol. The zero-order valence-electron chi connectivity index (χ0n) is 9.06. The molecule has 0 bridgehead atoms. The van der Waals surface area contributed by atoms with Gasteiger partial charge in [0.05, 0.1) is 19.6 Å². The summed E-state index contributed by atoms with van der Waals surface area (Å²) in [7, 11) is 0. The van der Waals surface area contributed by atoms with Gasteiger partial charge in [-0.1, -0.05) is 6.92 Å². The maximum atomic E-state index is 10.6. The smallest absolute Gasteiger partial charge is 0.305 e. The molecule has 5 heteroatoms. The van der Waals surface area contributed by atoms with Gasteiger partial charge in [0.15, 0.2) is 0 Å². The fraction of sp³-hybridized carbons (Fsp3) is 0.900. The molecule has 2 N–H and O–H groups in total. The number of aliphatic carboxylic acids is 1. The Kier molecular flexibility index (Phi) is 5.01. The highest BCUT2D eigenvalue weighted by Gasteiger charge is 2.25. The number of hydrogen-bond acceptors (Lipinski definition) is 4. The lowest BCUT2D eigenvalue weighted by Gasteiger charge is -2.36. The number of aliphatic hydroxyl groups is 1. The first-order chi connectivity index (χ1) is 7.13. The van der Waals surface area contributed by atoms with Crippen molar-refractivity contribution in [3.8, 4) is 0 Å². The molecule has 0 spiro atoms. The second-order valence-corrected chi connectivity index (χ2v) is 4.11. The molecular formula is C10H19NO4. The molecule has 0 aromatic heterocycles. The van der Waals surface area contributed by atoms with Gasteiger partial charge in [-0.15, -0.1) is 0 Å². The third-order valence-electron chi connectivity index (χ3n) is 2.62. The highest BCUT2D eigenvalue weighted by Crippen LogP contribution is 2.12. The van der Waals surface area contributed by atoms with Crippen LogP contribution in [-0.2, 0) is 9.53 Å². The van der Waals surface area contributed by atoms with Gasteiger partial charge < -0.3 is 14.9 Å². The zero-order chi connectivity index (χ0) is 11.3. The number of hydrogen-bond donors (Lipinski definition) is 2. The lowest BCUT2D eigenvalue weighted by atomic mass is 10.1. The average Bonchev–Trinajstić information content (AvgIpc) is 2.20. The van der Waals surface area contributed by atoms with Crippen LogP contribution in [0.15, 0.2) is 0 Å². The number of rotatable bonds is 5. The molecule has 0 radical (unpaired) electrons. The van der Waals surface area contributed by atoms with Gasteiger partial charge in [0.1, 0.15) is 0 Å². The molecule has 2 atom stereocenters. The van der Waals surface area contributed by atoms with E-state index < -0.39 is 5.97 Å². The molecule has 1 fully saturated rings. The summed E-state index contributed by atoms with van der Waals surface area (Å²) in [6, 6.07) is -0.0507. The monoisotopic (exact) mass is 217 g/mol. The molecule has 1 aliphatic heterocycles. The molecule has 5 nitrogen and oxygen atoms in total. The van der Waals surface area contributed by atoms with E-state index in [4.69, 9.17) is 14.9 Å². The molecule has 0 aromatic carbocycles. The Hall–Kier alpha value is -0.650. The summed E-state index contributed by atoms with van der Waals surface area (Å²) in [6.07, 6.45) is 0.109. The van der Waals surface area contributed by atoms with Crippen molar-refractivity contribution in [1.29, 1.82) is 0 Å². The number of carboxylic acid groups (broad SMARTS) is 1. The highest BCUT2D eigenvalue weighted by atomic mass is 16.5. The highest BCUT2D eigenvalue weighted by molar-refractivity contribution is 5.67. The third-order valence-corrected chi connectivity index (χ3v) is 2.62. The van der Waals surface area contributed by atoms with E-state index in [1.165, 1.54) is 0 Å². The van der Waals surface area contributed by atoms with Crippen LogP contribution in [0.5, 0.6) is 0 Å². The molecule has 1 heterocycles. The fourth-order valence-corrected chi connectivity index (χ4v) is 1.78. The quantitative estimate of drug-likeness (QED) is 0.667. The normalized spacial score (nSPS) is 25.1. The maximum Gasteiger partial charge on any atom is 0.305 e. The molecule has 0 aliphatic carbocycles. The van der Waals surface area contributed by atoms with Gasteiger partial charge in [-0.05, 0) is 5.92 Å². The Labute approximate surface area is 89.6 Å². The van der Waals surface area contributed by atoms with Gasteiger partial charge >= 0.3 is 5.97 Å². The largest absolute Gasteiger partial charge is 0.481 e. The first kappa shape index (κ1) is 12.4. The van der Waals surface area contributed by atoms with Crippen LogP contribution >= 0.6 is 0 Å². The van der Waals surface area contributed by atoms with Gasteiger partial charge in [0, 0.05) is 25.7 Å². The minimum Gasteiger partial charge on any atom is -0.481 e. The Morgan fingerprint density at radius 2 is 2.40 bits per heavy atom. The van der Waals surface area contributed by atoms with Crippen molar-refractivity contribution in [1.82, 2.24) is 4.90 Å². The van der Waals surface area contributed by atoms with Gasteiger partial charge in [-0.2, -0.15) is 0 Å². The molecule has 1 saturated heterocycles. The van der Waals surface area contributed by atoms with E-state index in [0.29, 0.717) is 13.2 Å². The Bertz CT molecular complexity index is 210. The van der Waals surface area contributed by atoms with E-state index in [2.05, 4.69) is 4.90 Å². The molecule has 1 rings (SSSR count). The fourth-order valence-electron chi connectivity index (χ4n) is 1.78. The SMILES string of the molecule is CC(CO)CN1CCOCC1CC(=O)O. The number of carboxylic acids is 1. The van der Waals surface area contributed by atoms with Crippen molar-refractivity contribution < 1.29 is 19.7 Å². The van der Waals surface area contributed by atoms with Crippen LogP contribution in [0.3, 0.4) is 0 Å². The molecule has 15 heavy (non-hydrogen) atoms. The topological polar surface area (TPSA) is 70.0 Å². The summed E-state index contributed by atoms with van der Waals surface area (Å²) in [4.78, 5) is 12.7. The Morgan fingerprint density at radius 3 is 3.00 bits per heavy atom. The number of morpholine rings is 1. The summed E-state index contributed by atoms with van der Waals surface area (Å²) in [6.45, 7) is 4.70. The van der Waals surface area contributed by atoms with Gasteiger partial charge in [-0.25, -0.2) is 0 Å². The van der Waals surface area contributed by atoms with Crippen LogP contribution in [0, 0.1) is 5.92 Å². The zero-order valence-corrected chi connectivity index (χ0v) is 9.06.